The number of hydrogen-bond donors (Lipinski definition) is 1. The second kappa shape index (κ2) is 6.48. The van der Waals surface area contributed by atoms with Gasteiger partial charge in [-0.05, 0) is 35.2 Å². The molecule has 0 radical (unpaired) electrons. The number of rotatable bonds is 4. The summed E-state index contributed by atoms with van der Waals surface area (Å²) in [6.07, 6.45) is 0.915. The van der Waals surface area contributed by atoms with E-state index in [1.807, 2.05) is 24.3 Å². The highest BCUT2D eigenvalue weighted by molar-refractivity contribution is 6.32. The molecule has 3 rings (SSSR count). The Morgan fingerprint density at radius 1 is 1.24 bits per heavy atom. The van der Waals surface area contributed by atoms with Crippen LogP contribution in [0.25, 0.3) is 0 Å². The zero-order valence-electron chi connectivity index (χ0n) is 11.7. The molecule has 0 spiro atoms. The molecular weight excluding hydrogens is 286 g/mol. The minimum atomic E-state index is -0.0415. The third-order valence-corrected chi connectivity index (χ3v) is 4.01. The number of fused-ring (bicyclic) bond motifs is 1. The third-order valence-electron chi connectivity index (χ3n) is 3.71. The fourth-order valence-electron chi connectivity index (χ4n) is 2.57. The minimum Gasteiger partial charge on any atom is -0.489 e. The van der Waals surface area contributed by atoms with Gasteiger partial charge in [-0.1, -0.05) is 41.9 Å². The highest BCUT2D eigenvalue weighted by Crippen LogP contribution is 2.30. The van der Waals surface area contributed by atoms with Gasteiger partial charge < -0.3 is 15.2 Å². The van der Waals surface area contributed by atoms with Gasteiger partial charge in [0.2, 0.25) is 0 Å². The van der Waals surface area contributed by atoms with Gasteiger partial charge in [-0.2, -0.15) is 0 Å². The molecular formula is C17H18ClNO2. The number of nitrogens with two attached hydrogens (primary N) is 1. The van der Waals surface area contributed by atoms with Crippen LogP contribution < -0.4 is 10.5 Å². The van der Waals surface area contributed by atoms with Crippen LogP contribution in [-0.2, 0) is 17.7 Å². The maximum atomic E-state index is 6.20. The van der Waals surface area contributed by atoms with Crippen molar-refractivity contribution in [2.45, 2.75) is 19.1 Å². The first-order valence-electron chi connectivity index (χ1n) is 7.08. The fraction of sp³-hybridized carbons (Fsp3) is 0.294. The van der Waals surface area contributed by atoms with Crippen molar-refractivity contribution in [2.75, 3.05) is 13.2 Å². The minimum absolute atomic E-state index is 0.0415. The predicted octanol–water partition coefficient (Wildman–Crippen LogP) is 3.49. The molecule has 0 saturated heterocycles. The average Bonchev–Trinajstić information content (AvgIpc) is 2.53. The summed E-state index contributed by atoms with van der Waals surface area (Å²) in [5.74, 6) is 0.667. The molecule has 1 aliphatic rings. The van der Waals surface area contributed by atoms with E-state index in [0.29, 0.717) is 23.9 Å². The Morgan fingerprint density at radius 2 is 2.10 bits per heavy atom. The largest absolute Gasteiger partial charge is 0.489 e. The summed E-state index contributed by atoms with van der Waals surface area (Å²) >= 11 is 6.20. The molecule has 1 aliphatic heterocycles. The SMILES string of the molecule is NCc1ccc(OCC2OCCc3ccccc32)c(Cl)c1. The molecule has 2 N–H and O–H groups in total. The maximum Gasteiger partial charge on any atom is 0.138 e. The molecule has 2 aromatic rings. The van der Waals surface area contributed by atoms with Gasteiger partial charge in [-0.15, -0.1) is 0 Å². The van der Waals surface area contributed by atoms with Gasteiger partial charge in [-0.25, -0.2) is 0 Å². The molecule has 110 valence electrons. The number of halogens is 1. The molecule has 0 amide bonds. The Balaban J connectivity index is 1.71. The quantitative estimate of drug-likeness (QED) is 0.940. The zero-order chi connectivity index (χ0) is 14.7. The average molecular weight is 304 g/mol. The van der Waals surface area contributed by atoms with Crippen LogP contribution in [0.2, 0.25) is 5.02 Å². The van der Waals surface area contributed by atoms with E-state index in [4.69, 9.17) is 26.8 Å². The van der Waals surface area contributed by atoms with Gasteiger partial charge in [-0.3, -0.25) is 0 Å². The highest BCUT2D eigenvalue weighted by atomic mass is 35.5. The van der Waals surface area contributed by atoms with Crippen LogP contribution >= 0.6 is 11.6 Å². The molecule has 1 atom stereocenters. The van der Waals surface area contributed by atoms with Crippen molar-refractivity contribution in [3.05, 3.63) is 64.2 Å². The zero-order valence-corrected chi connectivity index (χ0v) is 12.5. The molecule has 2 aromatic carbocycles. The van der Waals surface area contributed by atoms with E-state index < -0.39 is 0 Å². The third kappa shape index (κ3) is 3.21. The lowest BCUT2D eigenvalue weighted by Gasteiger charge is -2.26. The molecule has 1 heterocycles. The number of ether oxygens (including phenoxy) is 2. The highest BCUT2D eigenvalue weighted by Gasteiger charge is 2.21. The first kappa shape index (κ1) is 14.4. The summed E-state index contributed by atoms with van der Waals surface area (Å²) in [5.41, 5.74) is 9.13. The van der Waals surface area contributed by atoms with Gasteiger partial charge in [0.1, 0.15) is 18.5 Å². The molecule has 0 aliphatic carbocycles. The maximum absolute atomic E-state index is 6.20. The van der Waals surface area contributed by atoms with Crippen molar-refractivity contribution < 1.29 is 9.47 Å². The van der Waals surface area contributed by atoms with Crippen LogP contribution in [0.15, 0.2) is 42.5 Å². The Kier molecular flexibility index (Phi) is 4.44. The molecule has 0 fully saturated rings. The summed E-state index contributed by atoms with van der Waals surface area (Å²) in [4.78, 5) is 0. The summed E-state index contributed by atoms with van der Waals surface area (Å²) in [5, 5.41) is 0.585. The number of benzene rings is 2. The Labute approximate surface area is 129 Å². The molecule has 0 bridgehead atoms. The lowest BCUT2D eigenvalue weighted by molar-refractivity contribution is 0.0102. The second-order valence-corrected chi connectivity index (χ2v) is 5.50. The Morgan fingerprint density at radius 3 is 2.90 bits per heavy atom. The normalized spacial score (nSPS) is 17.3. The standard InChI is InChI=1S/C17H18ClNO2/c18-15-9-12(10-19)5-6-16(15)21-11-17-14-4-2-1-3-13(14)7-8-20-17/h1-6,9,17H,7-8,10-11,19H2. The van der Waals surface area contributed by atoms with Crippen molar-refractivity contribution in [3.63, 3.8) is 0 Å². The van der Waals surface area contributed by atoms with Crippen LogP contribution in [0.1, 0.15) is 22.8 Å². The van der Waals surface area contributed by atoms with E-state index in [1.54, 1.807) is 0 Å². The van der Waals surface area contributed by atoms with E-state index in [0.717, 1.165) is 18.6 Å². The summed E-state index contributed by atoms with van der Waals surface area (Å²) in [6.45, 7) is 1.66. The molecule has 21 heavy (non-hydrogen) atoms. The Bertz CT molecular complexity index is 630. The van der Waals surface area contributed by atoms with Gasteiger partial charge >= 0.3 is 0 Å². The van der Waals surface area contributed by atoms with Gasteiger partial charge in [0, 0.05) is 6.54 Å². The summed E-state index contributed by atoms with van der Waals surface area (Å²) in [6, 6.07) is 14.0. The molecule has 0 saturated carbocycles. The van der Waals surface area contributed by atoms with Crippen LogP contribution in [-0.4, -0.2) is 13.2 Å². The van der Waals surface area contributed by atoms with E-state index in [2.05, 4.69) is 18.2 Å². The fourth-order valence-corrected chi connectivity index (χ4v) is 2.83. The van der Waals surface area contributed by atoms with Crippen LogP contribution in [0.5, 0.6) is 5.75 Å². The molecule has 4 heteroatoms. The predicted molar refractivity (Wildman–Crippen MR) is 83.7 cm³/mol. The molecule has 0 aromatic heterocycles. The van der Waals surface area contributed by atoms with Gasteiger partial charge in [0.05, 0.1) is 11.6 Å². The monoisotopic (exact) mass is 303 g/mol. The van der Waals surface area contributed by atoms with E-state index in [1.165, 1.54) is 11.1 Å². The number of hydrogen-bond acceptors (Lipinski definition) is 3. The van der Waals surface area contributed by atoms with Crippen LogP contribution in [0.4, 0.5) is 0 Å². The van der Waals surface area contributed by atoms with Crippen molar-refractivity contribution in [2.24, 2.45) is 5.73 Å². The van der Waals surface area contributed by atoms with Crippen LogP contribution in [0, 0.1) is 0 Å². The van der Waals surface area contributed by atoms with Crippen molar-refractivity contribution >= 4 is 11.6 Å². The second-order valence-electron chi connectivity index (χ2n) is 5.09. The molecule has 1 unspecified atom stereocenters. The van der Waals surface area contributed by atoms with E-state index >= 15 is 0 Å². The van der Waals surface area contributed by atoms with E-state index in [-0.39, 0.29) is 6.10 Å². The van der Waals surface area contributed by atoms with Crippen molar-refractivity contribution in [1.29, 1.82) is 0 Å². The first-order chi connectivity index (χ1) is 10.3. The Hall–Kier alpha value is -1.55. The lowest BCUT2D eigenvalue weighted by atomic mass is 9.98. The van der Waals surface area contributed by atoms with Gasteiger partial charge in [0.15, 0.2) is 0 Å². The van der Waals surface area contributed by atoms with Crippen LogP contribution in [0.3, 0.4) is 0 Å². The topological polar surface area (TPSA) is 44.5 Å². The first-order valence-corrected chi connectivity index (χ1v) is 7.46. The molecule has 3 nitrogen and oxygen atoms in total. The smallest absolute Gasteiger partial charge is 0.138 e. The van der Waals surface area contributed by atoms with Crippen molar-refractivity contribution in [1.82, 2.24) is 0 Å². The van der Waals surface area contributed by atoms with E-state index in [9.17, 15) is 0 Å². The van der Waals surface area contributed by atoms with Gasteiger partial charge in [0.25, 0.3) is 0 Å². The summed E-state index contributed by atoms with van der Waals surface area (Å²) < 4.78 is 11.7. The van der Waals surface area contributed by atoms with Crippen molar-refractivity contribution in [3.8, 4) is 5.75 Å². The lowest BCUT2D eigenvalue weighted by Crippen LogP contribution is -2.21. The summed E-state index contributed by atoms with van der Waals surface area (Å²) in [7, 11) is 0.